The maximum Gasteiger partial charge on any atom is 0.341 e. The summed E-state index contributed by atoms with van der Waals surface area (Å²) in [4.78, 5) is 13.9. The molecule has 8 nitrogen and oxygen atoms in total. The standard InChI is InChI=1S/C25H27N3O5S3/c1-3-33-24(29)22-20-6-4-5-7-21(20)35-23(22)27-25(34)26-16-10-14-19(15-11-16)36(30,31)28-17-8-12-18(32-2)13-9-17/h8-15,28H,3-7H2,1-2H3,(H2,26,27,34). The Hall–Kier alpha value is -3.15. The van der Waals surface area contributed by atoms with Gasteiger partial charge in [-0.2, -0.15) is 0 Å². The second-order valence-corrected chi connectivity index (χ2v) is 11.3. The Morgan fingerprint density at radius 2 is 1.67 bits per heavy atom. The molecule has 0 radical (unpaired) electrons. The van der Waals surface area contributed by atoms with Crippen molar-refractivity contribution in [1.82, 2.24) is 0 Å². The number of thiocarbonyl (C=S) groups is 1. The molecule has 1 aromatic heterocycles. The number of rotatable bonds is 8. The SMILES string of the molecule is CCOC(=O)c1c(NC(=S)Nc2ccc(S(=O)(=O)Nc3ccc(OC)cc3)cc2)sc2c1CCCC2. The van der Waals surface area contributed by atoms with Gasteiger partial charge in [0, 0.05) is 16.3 Å². The largest absolute Gasteiger partial charge is 0.497 e. The Balaban J connectivity index is 1.44. The van der Waals surface area contributed by atoms with Crippen LogP contribution in [0.1, 0.15) is 40.6 Å². The summed E-state index contributed by atoms with van der Waals surface area (Å²) in [5.74, 6) is 0.288. The van der Waals surface area contributed by atoms with Gasteiger partial charge in [-0.15, -0.1) is 11.3 Å². The fraction of sp³-hybridized carbons (Fsp3) is 0.280. The summed E-state index contributed by atoms with van der Waals surface area (Å²) in [5, 5.41) is 7.16. The predicted octanol–water partition coefficient (Wildman–Crippen LogP) is 5.42. The molecular formula is C25H27N3O5S3. The van der Waals surface area contributed by atoms with E-state index < -0.39 is 10.0 Å². The lowest BCUT2D eigenvalue weighted by molar-refractivity contribution is 0.0526. The van der Waals surface area contributed by atoms with E-state index in [2.05, 4.69) is 15.4 Å². The molecule has 0 unspecified atom stereocenters. The summed E-state index contributed by atoms with van der Waals surface area (Å²) in [6.07, 6.45) is 3.93. The highest BCUT2D eigenvalue weighted by Crippen LogP contribution is 2.38. The van der Waals surface area contributed by atoms with Gasteiger partial charge in [-0.25, -0.2) is 13.2 Å². The number of nitrogens with one attached hydrogen (secondary N) is 3. The van der Waals surface area contributed by atoms with Gasteiger partial charge in [-0.3, -0.25) is 4.72 Å². The average molecular weight is 546 g/mol. The lowest BCUT2D eigenvalue weighted by Gasteiger charge is -2.13. The quantitative estimate of drug-likeness (QED) is 0.255. The van der Waals surface area contributed by atoms with E-state index >= 15 is 0 Å². The van der Waals surface area contributed by atoms with Gasteiger partial charge in [0.1, 0.15) is 10.8 Å². The minimum absolute atomic E-state index is 0.110. The van der Waals surface area contributed by atoms with Crippen LogP contribution in [0.25, 0.3) is 0 Å². The van der Waals surface area contributed by atoms with E-state index in [1.807, 2.05) is 0 Å². The molecular weight excluding hydrogens is 518 g/mol. The molecule has 0 saturated carbocycles. The number of thiophene rings is 1. The number of benzene rings is 2. The first kappa shape index (κ1) is 25.9. The number of methoxy groups -OCH3 is 1. The summed E-state index contributed by atoms with van der Waals surface area (Å²) in [7, 11) is -2.22. The van der Waals surface area contributed by atoms with Crippen molar-refractivity contribution in [1.29, 1.82) is 0 Å². The minimum atomic E-state index is -3.77. The molecule has 0 fully saturated rings. The summed E-state index contributed by atoms with van der Waals surface area (Å²) in [5.41, 5.74) is 2.65. The van der Waals surface area contributed by atoms with Crippen LogP contribution in [0, 0.1) is 0 Å². The second kappa shape index (κ2) is 11.3. The number of carbonyl (C=O) groups is 1. The first-order chi connectivity index (χ1) is 17.3. The molecule has 3 N–H and O–H groups in total. The van der Waals surface area contributed by atoms with Crippen molar-refractivity contribution in [3.05, 3.63) is 64.5 Å². The van der Waals surface area contributed by atoms with Crippen LogP contribution in [0.4, 0.5) is 16.4 Å². The Bertz CT molecular complexity index is 1350. The number of fused-ring (bicyclic) bond motifs is 1. The van der Waals surface area contributed by atoms with E-state index in [0.29, 0.717) is 39.4 Å². The predicted molar refractivity (Wildman–Crippen MR) is 147 cm³/mol. The van der Waals surface area contributed by atoms with Gasteiger partial charge in [0.25, 0.3) is 10.0 Å². The average Bonchev–Trinajstić information content (AvgIpc) is 3.22. The Morgan fingerprint density at radius 1 is 1.00 bits per heavy atom. The van der Waals surface area contributed by atoms with Crippen LogP contribution >= 0.6 is 23.6 Å². The number of esters is 1. The van der Waals surface area contributed by atoms with E-state index in [4.69, 9.17) is 21.7 Å². The van der Waals surface area contributed by atoms with Crippen molar-refractivity contribution in [2.45, 2.75) is 37.5 Å². The molecule has 0 amide bonds. The van der Waals surface area contributed by atoms with Gasteiger partial charge in [-0.1, -0.05) is 0 Å². The Kier molecular flexibility index (Phi) is 8.12. The van der Waals surface area contributed by atoms with E-state index in [1.165, 1.54) is 28.3 Å². The van der Waals surface area contributed by atoms with Crippen LogP contribution in [0.5, 0.6) is 5.75 Å². The smallest absolute Gasteiger partial charge is 0.341 e. The van der Waals surface area contributed by atoms with Crippen molar-refractivity contribution in [3.63, 3.8) is 0 Å². The van der Waals surface area contributed by atoms with Crippen molar-refractivity contribution in [3.8, 4) is 5.75 Å². The third-order valence-corrected chi connectivity index (χ3v) is 8.45. The van der Waals surface area contributed by atoms with Crippen molar-refractivity contribution >= 4 is 61.0 Å². The van der Waals surface area contributed by atoms with Gasteiger partial charge in [-0.05, 0) is 98.9 Å². The molecule has 3 aromatic rings. The Labute approximate surface area is 220 Å². The highest BCUT2D eigenvalue weighted by molar-refractivity contribution is 7.92. The van der Waals surface area contributed by atoms with Crippen LogP contribution in [0.2, 0.25) is 0 Å². The number of ether oxygens (including phenoxy) is 2. The van der Waals surface area contributed by atoms with Crippen LogP contribution in [0.3, 0.4) is 0 Å². The van der Waals surface area contributed by atoms with Gasteiger partial charge in [0.2, 0.25) is 0 Å². The molecule has 0 bridgehead atoms. The maximum absolute atomic E-state index is 12.7. The monoisotopic (exact) mass is 545 g/mol. The van der Waals surface area contributed by atoms with Gasteiger partial charge < -0.3 is 20.1 Å². The topological polar surface area (TPSA) is 106 Å². The highest BCUT2D eigenvalue weighted by Gasteiger charge is 2.26. The molecule has 4 rings (SSSR count). The third-order valence-electron chi connectivity index (χ3n) is 5.64. The fourth-order valence-electron chi connectivity index (χ4n) is 3.93. The molecule has 2 aromatic carbocycles. The molecule has 1 aliphatic carbocycles. The zero-order valence-electron chi connectivity index (χ0n) is 19.9. The number of sulfonamides is 1. The van der Waals surface area contributed by atoms with Crippen LogP contribution in [-0.4, -0.2) is 33.2 Å². The lowest BCUT2D eigenvalue weighted by atomic mass is 9.95. The van der Waals surface area contributed by atoms with Crippen molar-refractivity contribution < 1.29 is 22.7 Å². The molecule has 190 valence electrons. The molecule has 36 heavy (non-hydrogen) atoms. The molecule has 1 heterocycles. The van der Waals surface area contributed by atoms with Crippen LogP contribution in [0.15, 0.2) is 53.4 Å². The summed E-state index contributed by atoms with van der Waals surface area (Å²) >= 11 is 7.00. The normalized spacial score (nSPS) is 12.8. The van der Waals surface area contributed by atoms with Crippen LogP contribution < -0.4 is 20.1 Å². The van der Waals surface area contributed by atoms with E-state index in [-0.39, 0.29) is 10.9 Å². The Morgan fingerprint density at radius 3 is 2.33 bits per heavy atom. The van der Waals surface area contributed by atoms with Gasteiger partial charge in [0.15, 0.2) is 5.11 Å². The molecule has 0 atom stereocenters. The number of hydrogen-bond donors (Lipinski definition) is 3. The van der Waals surface area contributed by atoms with Gasteiger partial charge >= 0.3 is 5.97 Å². The number of anilines is 3. The zero-order valence-corrected chi connectivity index (χ0v) is 22.4. The first-order valence-corrected chi connectivity index (χ1v) is 14.2. The van der Waals surface area contributed by atoms with Gasteiger partial charge in [0.05, 0.1) is 24.2 Å². The summed E-state index contributed by atoms with van der Waals surface area (Å²) < 4.78 is 38.4. The second-order valence-electron chi connectivity index (χ2n) is 8.07. The van der Waals surface area contributed by atoms with Crippen molar-refractivity contribution in [2.75, 3.05) is 29.1 Å². The molecule has 0 saturated heterocycles. The van der Waals surface area contributed by atoms with E-state index in [0.717, 1.165) is 31.2 Å². The molecule has 11 heteroatoms. The third kappa shape index (κ3) is 5.97. The maximum atomic E-state index is 12.7. The molecule has 1 aliphatic rings. The minimum Gasteiger partial charge on any atom is -0.497 e. The number of hydrogen-bond acceptors (Lipinski definition) is 7. The van der Waals surface area contributed by atoms with Crippen molar-refractivity contribution in [2.24, 2.45) is 0 Å². The van der Waals surface area contributed by atoms with E-state index in [9.17, 15) is 13.2 Å². The molecule has 0 aliphatic heterocycles. The zero-order chi connectivity index (χ0) is 25.7. The van der Waals surface area contributed by atoms with E-state index in [1.54, 1.807) is 50.4 Å². The first-order valence-electron chi connectivity index (χ1n) is 11.5. The fourth-order valence-corrected chi connectivity index (χ4v) is 6.55. The lowest BCUT2D eigenvalue weighted by Crippen LogP contribution is -2.20. The number of carbonyl (C=O) groups excluding carboxylic acids is 1. The number of aryl methyl sites for hydroxylation is 1. The summed E-state index contributed by atoms with van der Waals surface area (Å²) in [6.45, 7) is 2.08. The highest BCUT2D eigenvalue weighted by atomic mass is 32.2. The summed E-state index contributed by atoms with van der Waals surface area (Å²) in [6, 6.07) is 12.8. The van der Waals surface area contributed by atoms with Crippen LogP contribution in [-0.2, 0) is 27.6 Å². The molecule has 0 spiro atoms.